The molecule has 2 bridgehead atoms. The molecule has 1 aromatic carbocycles. The van der Waals surface area contributed by atoms with E-state index in [9.17, 15) is 5.11 Å². The molecule has 1 unspecified atom stereocenters. The van der Waals surface area contributed by atoms with Gasteiger partial charge in [-0.15, -0.1) is 11.3 Å². The largest absolute Gasteiger partial charge is 0.520 e. The van der Waals surface area contributed by atoms with Crippen LogP contribution in [0.3, 0.4) is 0 Å². The van der Waals surface area contributed by atoms with E-state index in [4.69, 9.17) is 23.8 Å². The lowest BCUT2D eigenvalue weighted by atomic mass is 9.69. The first-order valence-corrected chi connectivity index (χ1v) is 10.1. The number of thiazole rings is 1. The molecular weight excluding hydrogens is 371 g/mol. The third kappa shape index (κ3) is 3.52. The number of thiocarbonyl (C=S) groups is 1. The monoisotopic (exact) mass is 394 g/mol. The molecule has 3 fully saturated rings. The van der Waals surface area contributed by atoms with Gasteiger partial charge in [-0.1, -0.05) is 29.9 Å². The van der Waals surface area contributed by atoms with E-state index in [1.54, 1.807) is 11.3 Å². The molecule has 134 valence electrons. The van der Waals surface area contributed by atoms with Crippen LogP contribution < -0.4 is 0 Å². The molecular formula is C18H24BClN2OS2. The maximum Gasteiger partial charge on any atom is 0.169 e. The zero-order valence-corrected chi connectivity index (χ0v) is 15.9. The van der Waals surface area contributed by atoms with Crippen molar-refractivity contribution >= 4 is 58.2 Å². The van der Waals surface area contributed by atoms with Crippen molar-refractivity contribution in [2.75, 3.05) is 19.6 Å². The topological polar surface area (TPSA) is 33.1 Å². The normalized spacial score (nSPS) is 31.6. The van der Waals surface area contributed by atoms with Gasteiger partial charge < -0.3 is 9.50 Å². The van der Waals surface area contributed by atoms with Crippen molar-refractivity contribution in [3.63, 3.8) is 0 Å². The third-order valence-electron chi connectivity index (χ3n) is 5.44. The average Bonchev–Trinajstić information content (AvgIpc) is 2.97. The summed E-state index contributed by atoms with van der Waals surface area (Å²) in [6, 6.07) is 5.89. The van der Waals surface area contributed by atoms with Crippen molar-refractivity contribution in [2.45, 2.75) is 37.7 Å². The highest BCUT2D eigenvalue weighted by atomic mass is 35.5. The zero-order chi connectivity index (χ0) is 17.7. The van der Waals surface area contributed by atoms with Crippen LogP contribution in [-0.2, 0) is 6.42 Å². The van der Waals surface area contributed by atoms with Gasteiger partial charge in [-0.05, 0) is 42.7 Å². The molecule has 2 aromatic rings. The summed E-state index contributed by atoms with van der Waals surface area (Å²) in [5, 5.41) is 13.0. The SMILES string of the molecule is [BH3-][N+]12CCC(CC1)C(O)(CCC(=S)Cc1nc3c(Cl)cccc3s1)C2. The van der Waals surface area contributed by atoms with Crippen LogP contribution in [0.2, 0.25) is 5.02 Å². The molecule has 3 aliphatic rings. The fraction of sp³-hybridized carbons (Fsp3) is 0.556. The Morgan fingerprint density at radius 1 is 1.44 bits per heavy atom. The molecule has 0 saturated carbocycles. The highest BCUT2D eigenvalue weighted by Crippen LogP contribution is 2.41. The van der Waals surface area contributed by atoms with Crippen molar-refractivity contribution in [1.82, 2.24) is 4.98 Å². The standard InChI is InChI=1S/C18H24BClN2OS2/c19-22-8-5-12(6-9-22)18(23,11-22)7-4-13(24)10-16-21-17-14(20)2-1-3-15(17)25-16/h1-3,12,23H,4-11H2,19H3. The smallest absolute Gasteiger partial charge is 0.169 e. The van der Waals surface area contributed by atoms with E-state index in [-0.39, 0.29) is 7.98 Å². The molecule has 1 N–H and O–H groups in total. The molecule has 3 aliphatic heterocycles. The van der Waals surface area contributed by atoms with Crippen LogP contribution in [0.5, 0.6) is 0 Å². The number of aromatic nitrogens is 1. The molecule has 5 rings (SSSR count). The van der Waals surface area contributed by atoms with E-state index >= 15 is 0 Å². The second-order valence-electron chi connectivity index (χ2n) is 7.06. The van der Waals surface area contributed by atoms with Crippen molar-refractivity contribution in [3.8, 4) is 0 Å². The van der Waals surface area contributed by atoms with Crippen LogP contribution in [0.25, 0.3) is 10.2 Å². The Hall–Kier alpha value is -0.525. The molecule has 0 spiro atoms. The Morgan fingerprint density at radius 2 is 2.20 bits per heavy atom. The molecule has 3 nitrogen and oxygen atoms in total. The first-order chi connectivity index (χ1) is 11.9. The summed E-state index contributed by atoms with van der Waals surface area (Å²) in [4.78, 5) is 5.67. The number of para-hydroxylation sites is 1. The number of nitrogens with zero attached hydrogens (tertiary/aromatic N) is 2. The van der Waals surface area contributed by atoms with Gasteiger partial charge in [0.2, 0.25) is 0 Å². The molecule has 1 aromatic heterocycles. The predicted molar refractivity (Wildman–Crippen MR) is 113 cm³/mol. The predicted octanol–water partition coefficient (Wildman–Crippen LogP) is 2.89. The molecule has 0 aliphatic carbocycles. The Balaban J connectivity index is 1.40. The average molecular weight is 395 g/mol. The van der Waals surface area contributed by atoms with E-state index in [1.165, 1.54) is 30.3 Å². The number of hydrogen-bond acceptors (Lipinski definition) is 4. The fourth-order valence-corrected chi connectivity index (χ4v) is 5.72. The zero-order valence-electron chi connectivity index (χ0n) is 13.5. The van der Waals surface area contributed by atoms with E-state index in [2.05, 4.69) is 11.1 Å². The first kappa shape index (κ1) is 17.9. The quantitative estimate of drug-likeness (QED) is 0.625. The second kappa shape index (κ2) is 6.57. The van der Waals surface area contributed by atoms with Crippen molar-refractivity contribution < 1.29 is 9.50 Å². The molecule has 3 saturated heterocycles. The summed E-state index contributed by atoms with van der Waals surface area (Å²) < 4.78 is 2.39. The lowest BCUT2D eigenvalue weighted by molar-refractivity contribution is -0.846. The Morgan fingerprint density at radius 3 is 2.88 bits per heavy atom. The van der Waals surface area contributed by atoms with Crippen LogP contribution in [0.1, 0.15) is 30.7 Å². The van der Waals surface area contributed by atoms with Crippen LogP contribution in [-0.4, -0.2) is 52.6 Å². The third-order valence-corrected chi connectivity index (χ3v) is 7.12. The highest BCUT2D eigenvalue weighted by molar-refractivity contribution is 7.80. The Labute approximate surface area is 164 Å². The number of quaternary nitrogens is 1. The van der Waals surface area contributed by atoms with Gasteiger partial charge in [0.25, 0.3) is 0 Å². The van der Waals surface area contributed by atoms with Gasteiger partial charge in [-0.25, -0.2) is 4.98 Å². The number of benzene rings is 1. The van der Waals surface area contributed by atoms with E-state index < -0.39 is 5.60 Å². The van der Waals surface area contributed by atoms with E-state index in [0.717, 1.165) is 45.9 Å². The summed E-state index contributed by atoms with van der Waals surface area (Å²) in [6.07, 6.45) is 4.80. The van der Waals surface area contributed by atoms with Crippen molar-refractivity contribution in [2.24, 2.45) is 5.92 Å². The molecule has 0 amide bonds. The van der Waals surface area contributed by atoms with Crippen molar-refractivity contribution in [1.29, 1.82) is 0 Å². The number of rotatable bonds is 5. The molecule has 7 heteroatoms. The maximum atomic E-state index is 11.2. The minimum absolute atomic E-state index is 0.231. The summed E-state index contributed by atoms with van der Waals surface area (Å²) in [7, 11) is 0.231. The summed E-state index contributed by atoms with van der Waals surface area (Å²) in [6.45, 7) is 3.64. The number of fused-ring (bicyclic) bond motifs is 4. The van der Waals surface area contributed by atoms with Crippen LogP contribution >= 0.6 is 35.2 Å². The second-order valence-corrected chi connectivity index (χ2v) is 9.16. The molecule has 0 radical (unpaired) electrons. The fourth-order valence-electron chi connectivity index (χ4n) is 4.08. The maximum absolute atomic E-state index is 11.2. The highest BCUT2D eigenvalue weighted by Gasteiger charge is 2.49. The van der Waals surface area contributed by atoms with Gasteiger partial charge in [0.1, 0.15) is 11.1 Å². The Kier molecular flexibility index (Phi) is 4.70. The minimum atomic E-state index is -0.473. The molecule has 1 atom stereocenters. The summed E-state index contributed by atoms with van der Waals surface area (Å²) >= 11 is 13.5. The van der Waals surface area contributed by atoms with Gasteiger partial charge in [0.05, 0.1) is 21.3 Å². The van der Waals surface area contributed by atoms with Crippen LogP contribution in [0.15, 0.2) is 18.2 Å². The number of halogens is 1. The van der Waals surface area contributed by atoms with Crippen molar-refractivity contribution in [3.05, 3.63) is 28.2 Å². The first-order valence-electron chi connectivity index (χ1n) is 8.54. The molecule has 4 heterocycles. The van der Waals surface area contributed by atoms with E-state index in [0.29, 0.717) is 10.9 Å². The van der Waals surface area contributed by atoms with E-state index in [1.807, 2.05) is 12.1 Å². The van der Waals surface area contributed by atoms with Gasteiger partial charge >= 0.3 is 0 Å². The lowest BCUT2D eigenvalue weighted by Crippen LogP contribution is -2.68. The van der Waals surface area contributed by atoms with Gasteiger partial charge in [-0.3, -0.25) is 0 Å². The number of piperidine rings is 3. The Bertz CT molecular complexity index is 819. The summed E-state index contributed by atoms with van der Waals surface area (Å²) in [5.74, 6) is 0.495. The van der Waals surface area contributed by atoms with Gasteiger partial charge in [0.15, 0.2) is 7.98 Å². The number of aliphatic hydroxyl groups is 1. The van der Waals surface area contributed by atoms with Crippen LogP contribution in [0.4, 0.5) is 0 Å². The summed E-state index contributed by atoms with van der Waals surface area (Å²) in [5.41, 5.74) is 0.411. The van der Waals surface area contributed by atoms with Gasteiger partial charge in [-0.2, -0.15) is 0 Å². The minimum Gasteiger partial charge on any atom is -0.520 e. The lowest BCUT2D eigenvalue weighted by Gasteiger charge is -2.60. The van der Waals surface area contributed by atoms with Gasteiger partial charge in [0, 0.05) is 25.4 Å². The molecule has 25 heavy (non-hydrogen) atoms. The van der Waals surface area contributed by atoms with Crippen LogP contribution in [0, 0.1) is 5.92 Å². The number of hydrogen-bond donors (Lipinski definition) is 1.